The minimum atomic E-state index is -1.06. The Labute approximate surface area is 438 Å². The molecular formula is C55H75N9O9S. The molecule has 0 unspecified atom stereocenters. The number of methoxy groups -OCH3 is 2. The monoisotopic (exact) mass is 1040 g/mol. The summed E-state index contributed by atoms with van der Waals surface area (Å²) >= 11 is 1.48. The summed E-state index contributed by atoms with van der Waals surface area (Å²) in [5.74, 6) is -1.12. The van der Waals surface area contributed by atoms with Gasteiger partial charge in [-0.3, -0.25) is 34.2 Å². The number of cyclic esters (lactones) is 1. The van der Waals surface area contributed by atoms with Crippen LogP contribution in [0.1, 0.15) is 94.6 Å². The van der Waals surface area contributed by atoms with E-state index in [4.69, 9.17) is 38.4 Å². The van der Waals surface area contributed by atoms with Crippen molar-refractivity contribution in [3.05, 3.63) is 52.1 Å². The summed E-state index contributed by atoms with van der Waals surface area (Å²) in [6.07, 6.45) is 7.05. The first-order valence-electron chi connectivity index (χ1n) is 27.1. The number of rotatable bonds is 13. The first kappa shape index (κ1) is 51.5. The molecule has 6 aliphatic heterocycles. The minimum absolute atomic E-state index is 0.00487. The Balaban J connectivity index is 1.06. The van der Waals surface area contributed by atoms with E-state index >= 15 is 4.79 Å². The van der Waals surface area contributed by atoms with Crippen molar-refractivity contribution in [2.45, 2.75) is 128 Å². The normalized spacial score (nSPS) is 27.1. The Kier molecular flexibility index (Phi) is 15.2. The van der Waals surface area contributed by atoms with E-state index in [0.717, 1.165) is 95.4 Å². The number of carbonyl (C=O) groups excluding carboxylic acids is 3. The van der Waals surface area contributed by atoms with Gasteiger partial charge in [0.2, 0.25) is 5.91 Å². The number of fused-ring (bicyclic) bond motifs is 6. The molecule has 6 fully saturated rings. The lowest BCUT2D eigenvalue weighted by Gasteiger charge is -2.46. The summed E-state index contributed by atoms with van der Waals surface area (Å²) in [4.78, 5) is 61.3. The van der Waals surface area contributed by atoms with E-state index in [0.29, 0.717) is 76.9 Å². The molecule has 2 N–H and O–H groups in total. The second-order valence-corrected chi connectivity index (χ2v) is 23.3. The van der Waals surface area contributed by atoms with Crippen LogP contribution in [0.3, 0.4) is 0 Å². The first-order chi connectivity index (χ1) is 35.9. The van der Waals surface area contributed by atoms with Gasteiger partial charge < -0.3 is 43.2 Å². The molecule has 19 heteroatoms. The van der Waals surface area contributed by atoms with Gasteiger partial charge in [-0.1, -0.05) is 26.8 Å². The van der Waals surface area contributed by atoms with Crippen molar-refractivity contribution in [2.24, 2.45) is 11.3 Å². The van der Waals surface area contributed by atoms with Crippen molar-refractivity contribution in [3.8, 4) is 22.5 Å². The molecule has 5 saturated heterocycles. The Hall–Kier alpha value is -4.57. The van der Waals surface area contributed by atoms with Gasteiger partial charge in [0.05, 0.1) is 73.1 Å². The van der Waals surface area contributed by atoms with Crippen molar-refractivity contribution >= 4 is 45.7 Å². The highest BCUT2D eigenvalue weighted by Crippen LogP contribution is 2.44. The number of nitrogens with one attached hydrogen (secondary N) is 2. The predicted molar refractivity (Wildman–Crippen MR) is 281 cm³/mol. The predicted octanol–water partition coefficient (Wildman–Crippen LogP) is 5.53. The van der Waals surface area contributed by atoms with Gasteiger partial charge in [-0.05, 0) is 75.6 Å². The number of aromatic nitrogens is 3. The maximum absolute atomic E-state index is 15.1. The number of ether oxygens (including phenoxy) is 6. The third-order valence-corrected chi connectivity index (χ3v) is 17.4. The average Bonchev–Trinajstić information content (AvgIpc) is 4.07. The van der Waals surface area contributed by atoms with E-state index in [1.165, 1.54) is 29.2 Å². The summed E-state index contributed by atoms with van der Waals surface area (Å²) < 4.78 is 38.7. The number of amides is 2. The minimum Gasteiger partial charge on any atom is -0.464 e. The molecule has 9 heterocycles. The molecule has 7 aliphatic rings. The van der Waals surface area contributed by atoms with Crippen molar-refractivity contribution in [1.82, 2.24) is 40.1 Å². The van der Waals surface area contributed by atoms with Gasteiger partial charge in [-0.15, -0.1) is 11.3 Å². The van der Waals surface area contributed by atoms with Gasteiger partial charge in [0.25, 0.3) is 5.91 Å². The lowest BCUT2D eigenvalue weighted by molar-refractivity contribution is -0.164. The highest BCUT2D eigenvalue weighted by Gasteiger charge is 2.47. The number of benzene rings is 1. The molecule has 1 aliphatic carbocycles. The quantitative estimate of drug-likeness (QED) is 0.160. The number of anilines is 1. The number of piperazine rings is 1. The second kappa shape index (κ2) is 21.8. The molecular weight excluding hydrogens is 963 g/mol. The molecule has 400 valence electrons. The molecule has 74 heavy (non-hydrogen) atoms. The van der Waals surface area contributed by atoms with Crippen LogP contribution in [-0.2, 0) is 55.8 Å². The molecule has 2 amide bonds. The van der Waals surface area contributed by atoms with E-state index in [9.17, 15) is 9.59 Å². The maximum Gasteiger partial charge on any atom is 0.324 e. The zero-order valence-electron chi connectivity index (χ0n) is 44.0. The number of likely N-dealkylation sites (tertiary alicyclic amines) is 1. The Morgan fingerprint density at radius 3 is 2.51 bits per heavy atom. The first-order valence-corrected chi connectivity index (χ1v) is 28.0. The standard InChI is InChI=1S/C55H75N9O9S/c1-33-30-72-50(33)51(65)58-47-49(62-28-39(29-62)69-6)52-57-44(31-74-52)35-9-12-45-40(24-35)42(26-55(3,4)32-73-54(67)43-8-7-15-64(59-43)53(47)66)48(63(45)20-23-71-38-13-21-70-22-14-38)41-25-37(27-56-46(41)34(2)68-5)61-18-16-60(17-19-61)36-10-11-36/h9,12,24-25,27,31,33-34,36,38-39,43,47,49-50,59H,7-8,10-11,13-23,26,28-30,32H2,1-6H3,(H,58,65)/t33-,34-,43-,47-,49-,50+/m0/s1. The number of hydrazine groups is 1. The fraction of sp³-hybridized carbons (Fsp3) is 0.655. The van der Waals surface area contributed by atoms with Crippen LogP contribution in [0.15, 0.2) is 35.8 Å². The average molecular weight is 1040 g/mol. The summed E-state index contributed by atoms with van der Waals surface area (Å²) in [5.41, 5.74) is 10.5. The van der Waals surface area contributed by atoms with E-state index in [-0.39, 0.29) is 42.7 Å². The van der Waals surface area contributed by atoms with Gasteiger partial charge in [-0.25, -0.2) is 10.4 Å². The highest BCUT2D eigenvalue weighted by atomic mass is 32.1. The van der Waals surface area contributed by atoms with Crippen LogP contribution in [0.5, 0.6) is 0 Å². The lowest BCUT2D eigenvalue weighted by atomic mass is 9.84. The SMILES string of the molecule is COC1CN([C@@H]2c3nc(cs3)-c3ccc4c(c3)c(c(-c3cc(N5CCN(C6CC6)CC5)cnc3[C@H](C)OC)n4CCOC3CCOCC3)CC(C)(C)COC(=O)[C@@H]3CCCN(N3)C(=O)[C@H]2NC(=O)[C@@H]2OC[C@@H]2C)C1. The molecule has 11 rings (SSSR count). The maximum atomic E-state index is 15.1. The lowest BCUT2D eigenvalue weighted by Crippen LogP contribution is -2.66. The van der Waals surface area contributed by atoms with E-state index in [1.54, 1.807) is 14.2 Å². The zero-order chi connectivity index (χ0) is 51.3. The summed E-state index contributed by atoms with van der Waals surface area (Å²) in [7, 11) is 3.43. The van der Waals surface area contributed by atoms with Crippen molar-refractivity contribution in [2.75, 3.05) is 98.0 Å². The third kappa shape index (κ3) is 10.6. The molecule has 3 aromatic heterocycles. The fourth-order valence-electron chi connectivity index (χ4n) is 11.8. The summed E-state index contributed by atoms with van der Waals surface area (Å²) in [6.45, 7) is 16.8. The number of hydrogen-bond acceptors (Lipinski definition) is 16. The van der Waals surface area contributed by atoms with E-state index < -0.39 is 35.6 Å². The number of hydrogen-bond donors (Lipinski definition) is 2. The van der Waals surface area contributed by atoms with Crippen LogP contribution < -0.4 is 15.6 Å². The second-order valence-electron chi connectivity index (χ2n) is 22.5. The fourth-order valence-corrected chi connectivity index (χ4v) is 12.8. The van der Waals surface area contributed by atoms with Gasteiger partial charge >= 0.3 is 5.97 Å². The van der Waals surface area contributed by atoms with Crippen molar-refractivity contribution < 1.29 is 42.8 Å². The van der Waals surface area contributed by atoms with Crippen molar-refractivity contribution in [1.29, 1.82) is 0 Å². The van der Waals surface area contributed by atoms with E-state index in [1.807, 2.05) is 13.1 Å². The molecule has 0 spiro atoms. The summed E-state index contributed by atoms with van der Waals surface area (Å²) in [5, 5.41) is 8.45. The topological polar surface area (TPSA) is 174 Å². The third-order valence-electron chi connectivity index (χ3n) is 16.5. The van der Waals surface area contributed by atoms with Gasteiger partial charge in [-0.2, -0.15) is 0 Å². The largest absolute Gasteiger partial charge is 0.464 e. The number of esters is 1. The highest BCUT2D eigenvalue weighted by molar-refractivity contribution is 7.10. The van der Waals surface area contributed by atoms with Crippen LogP contribution in [0.4, 0.5) is 5.69 Å². The van der Waals surface area contributed by atoms with E-state index in [2.05, 4.69) is 80.4 Å². The molecule has 4 aromatic rings. The van der Waals surface area contributed by atoms with Gasteiger partial charge in [0.1, 0.15) is 23.2 Å². The number of carbonyl (C=O) groups is 3. The molecule has 1 saturated carbocycles. The molecule has 18 nitrogen and oxygen atoms in total. The molecule has 6 bridgehead atoms. The number of pyridine rings is 1. The molecule has 6 atom stereocenters. The van der Waals surface area contributed by atoms with Gasteiger partial charge in [0, 0.05) is 125 Å². The molecule has 0 radical (unpaired) electrons. The van der Waals surface area contributed by atoms with Crippen molar-refractivity contribution in [3.63, 3.8) is 0 Å². The van der Waals surface area contributed by atoms with Crippen LogP contribution in [0.25, 0.3) is 33.4 Å². The van der Waals surface area contributed by atoms with Crippen LogP contribution >= 0.6 is 11.3 Å². The smallest absolute Gasteiger partial charge is 0.324 e. The Morgan fingerprint density at radius 1 is 1.00 bits per heavy atom. The number of thiazole rings is 1. The Morgan fingerprint density at radius 2 is 1.80 bits per heavy atom. The van der Waals surface area contributed by atoms with Crippen LogP contribution in [0, 0.1) is 11.3 Å². The van der Waals surface area contributed by atoms with Gasteiger partial charge in [0.15, 0.2) is 0 Å². The Bertz CT molecular complexity index is 2670. The summed E-state index contributed by atoms with van der Waals surface area (Å²) in [6, 6.07) is 7.18. The number of nitrogens with zero attached hydrogens (tertiary/aromatic N) is 7. The van der Waals surface area contributed by atoms with Crippen LogP contribution in [-0.4, -0.2) is 177 Å². The van der Waals surface area contributed by atoms with Crippen LogP contribution in [0.2, 0.25) is 0 Å². The zero-order valence-corrected chi connectivity index (χ0v) is 44.8. The molecule has 1 aromatic carbocycles.